The zero-order valence-electron chi connectivity index (χ0n) is 10.3. The molecule has 0 aromatic carbocycles. The van der Waals surface area contributed by atoms with Crippen LogP contribution in [0.15, 0.2) is 6.07 Å². The first-order chi connectivity index (χ1) is 8.72. The summed E-state index contributed by atoms with van der Waals surface area (Å²) >= 11 is 3.67. The van der Waals surface area contributed by atoms with E-state index >= 15 is 0 Å². The minimum Gasteiger partial charge on any atom is -0.368 e. The van der Waals surface area contributed by atoms with Crippen LogP contribution < -0.4 is 11.1 Å². The fourth-order valence-electron chi connectivity index (χ4n) is 2.22. The highest BCUT2D eigenvalue weighted by Gasteiger charge is 2.16. The topological polar surface area (TPSA) is 63.8 Å². The third-order valence-electron chi connectivity index (χ3n) is 3.03. The quantitative estimate of drug-likeness (QED) is 0.885. The third-order valence-corrected chi connectivity index (χ3v) is 5.19. The molecule has 1 unspecified atom stereocenters. The first-order valence-corrected chi connectivity index (χ1v) is 8.07. The number of nitrogens with one attached hydrogen (secondary N) is 1. The zero-order chi connectivity index (χ0) is 12.5. The number of nitrogen functional groups attached to an aromatic ring is 1. The third kappa shape index (κ3) is 2.40. The van der Waals surface area contributed by atoms with Gasteiger partial charge in [0.25, 0.3) is 0 Å². The molecule has 0 spiro atoms. The van der Waals surface area contributed by atoms with Crippen LogP contribution in [0, 0.1) is 6.92 Å². The summed E-state index contributed by atoms with van der Waals surface area (Å²) in [6, 6.07) is 2.64. The highest BCUT2D eigenvalue weighted by Crippen LogP contribution is 2.30. The fraction of sp³-hybridized carbons (Fsp3) is 0.500. The average molecular weight is 280 g/mol. The number of hydrogen-bond acceptors (Lipinski definition) is 6. The van der Waals surface area contributed by atoms with Gasteiger partial charge in [0.2, 0.25) is 5.95 Å². The maximum atomic E-state index is 5.78. The predicted octanol–water partition coefficient (Wildman–Crippen LogP) is 2.89. The second-order valence-electron chi connectivity index (χ2n) is 4.56. The Labute approximate surface area is 114 Å². The summed E-state index contributed by atoms with van der Waals surface area (Å²) in [4.78, 5) is 10.9. The Bertz CT molecular complexity index is 560. The van der Waals surface area contributed by atoms with E-state index in [4.69, 9.17) is 5.73 Å². The molecular weight excluding hydrogens is 264 g/mol. The summed E-state index contributed by atoms with van der Waals surface area (Å²) in [5, 5.41) is 4.63. The van der Waals surface area contributed by atoms with Gasteiger partial charge in [-0.3, -0.25) is 0 Å². The molecule has 1 aliphatic rings. The molecule has 2 aromatic rings. The van der Waals surface area contributed by atoms with E-state index < -0.39 is 0 Å². The van der Waals surface area contributed by atoms with Crippen LogP contribution in [0.3, 0.4) is 0 Å². The van der Waals surface area contributed by atoms with Crippen LogP contribution in [0.5, 0.6) is 0 Å². The lowest BCUT2D eigenvalue weighted by Crippen LogP contribution is -2.26. The Morgan fingerprint density at radius 2 is 2.33 bits per heavy atom. The molecule has 0 radical (unpaired) electrons. The predicted molar refractivity (Wildman–Crippen MR) is 80.5 cm³/mol. The van der Waals surface area contributed by atoms with Crippen molar-refractivity contribution in [2.75, 3.05) is 22.6 Å². The van der Waals surface area contributed by atoms with E-state index in [2.05, 4.69) is 28.3 Å². The molecule has 4 nitrogen and oxygen atoms in total. The second-order valence-corrected chi connectivity index (χ2v) is 6.95. The van der Waals surface area contributed by atoms with Crippen LogP contribution in [-0.4, -0.2) is 27.5 Å². The highest BCUT2D eigenvalue weighted by atomic mass is 32.2. The molecule has 3 N–H and O–H groups in total. The summed E-state index contributed by atoms with van der Waals surface area (Å²) in [5.74, 6) is 3.68. The van der Waals surface area contributed by atoms with Crippen LogP contribution in [0.2, 0.25) is 0 Å². The van der Waals surface area contributed by atoms with Crippen LogP contribution >= 0.6 is 23.1 Å². The molecule has 0 bridgehead atoms. The van der Waals surface area contributed by atoms with Crippen molar-refractivity contribution in [1.29, 1.82) is 0 Å². The van der Waals surface area contributed by atoms with Crippen molar-refractivity contribution in [2.24, 2.45) is 0 Å². The van der Waals surface area contributed by atoms with Gasteiger partial charge in [0.05, 0.1) is 5.39 Å². The smallest absolute Gasteiger partial charge is 0.223 e. The summed E-state index contributed by atoms with van der Waals surface area (Å²) in [5.41, 5.74) is 5.78. The number of aryl methyl sites for hydroxylation is 1. The number of thioether (sulfide) groups is 1. The Kier molecular flexibility index (Phi) is 3.30. The molecule has 1 saturated heterocycles. The molecule has 18 heavy (non-hydrogen) atoms. The maximum Gasteiger partial charge on any atom is 0.223 e. The zero-order valence-corrected chi connectivity index (χ0v) is 11.9. The molecule has 0 amide bonds. The van der Waals surface area contributed by atoms with Crippen molar-refractivity contribution >= 4 is 45.1 Å². The van der Waals surface area contributed by atoms with Gasteiger partial charge in [-0.2, -0.15) is 16.7 Å². The van der Waals surface area contributed by atoms with Crippen molar-refractivity contribution in [2.45, 2.75) is 25.8 Å². The first kappa shape index (κ1) is 12.0. The summed E-state index contributed by atoms with van der Waals surface area (Å²) in [6.45, 7) is 2.09. The number of rotatable bonds is 2. The van der Waals surface area contributed by atoms with Crippen molar-refractivity contribution in [1.82, 2.24) is 9.97 Å². The monoisotopic (exact) mass is 280 g/mol. The second kappa shape index (κ2) is 4.93. The number of fused-ring (bicyclic) bond motifs is 1. The van der Waals surface area contributed by atoms with Crippen LogP contribution in [0.25, 0.3) is 10.2 Å². The number of nitrogens with two attached hydrogens (primary N) is 1. The van der Waals surface area contributed by atoms with Gasteiger partial charge < -0.3 is 11.1 Å². The van der Waals surface area contributed by atoms with Crippen LogP contribution in [0.4, 0.5) is 11.8 Å². The Hall–Kier alpha value is -1.01. The largest absolute Gasteiger partial charge is 0.368 e. The number of hydrogen-bond donors (Lipinski definition) is 2. The SMILES string of the molecule is Cc1cc2c(NC3CCCSC3)nc(N)nc2s1. The van der Waals surface area contributed by atoms with Gasteiger partial charge in [0.15, 0.2) is 0 Å². The molecule has 6 heteroatoms. The van der Waals surface area contributed by atoms with E-state index in [0.717, 1.165) is 21.8 Å². The van der Waals surface area contributed by atoms with E-state index in [1.165, 1.54) is 23.5 Å². The minimum absolute atomic E-state index is 0.357. The van der Waals surface area contributed by atoms with Gasteiger partial charge in [0, 0.05) is 16.7 Å². The lowest BCUT2D eigenvalue weighted by Gasteiger charge is -2.23. The van der Waals surface area contributed by atoms with Crippen molar-refractivity contribution in [3.63, 3.8) is 0 Å². The van der Waals surface area contributed by atoms with Gasteiger partial charge in [-0.15, -0.1) is 11.3 Å². The molecule has 1 atom stereocenters. The first-order valence-electron chi connectivity index (χ1n) is 6.10. The van der Waals surface area contributed by atoms with E-state index in [0.29, 0.717) is 12.0 Å². The normalized spacial score (nSPS) is 20.2. The molecule has 3 heterocycles. The van der Waals surface area contributed by atoms with Gasteiger partial charge in [0.1, 0.15) is 10.6 Å². The van der Waals surface area contributed by atoms with E-state index in [-0.39, 0.29) is 0 Å². The van der Waals surface area contributed by atoms with Crippen LogP contribution in [0.1, 0.15) is 17.7 Å². The van der Waals surface area contributed by atoms with E-state index in [1.54, 1.807) is 11.3 Å². The van der Waals surface area contributed by atoms with Gasteiger partial charge in [-0.1, -0.05) is 0 Å². The lowest BCUT2D eigenvalue weighted by molar-refractivity contribution is 0.683. The Morgan fingerprint density at radius 3 is 3.11 bits per heavy atom. The molecule has 96 valence electrons. The molecule has 1 fully saturated rings. The Morgan fingerprint density at radius 1 is 1.44 bits per heavy atom. The van der Waals surface area contributed by atoms with Gasteiger partial charge in [-0.05, 0) is 31.6 Å². The Balaban J connectivity index is 1.94. The summed E-state index contributed by atoms with van der Waals surface area (Å²) in [7, 11) is 0. The number of thiophene rings is 1. The van der Waals surface area contributed by atoms with E-state index in [9.17, 15) is 0 Å². The number of aromatic nitrogens is 2. The molecule has 0 saturated carbocycles. The van der Waals surface area contributed by atoms with Crippen LogP contribution in [-0.2, 0) is 0 Å². The number of anilines is 2. The molecule has 0 aliphatic carbocycles. The highest BCUT2D eigenvalue weighted by molar-refractivity contribution is 7.99. The van der Waals surface area contributed by atoms with Crippen molar-refractivity contribution in [3.8, 4) is 0 Å². The lowest BCUT2D eigenvalue weighted by atomic mass is 10.2. The summed E-state index contributed by atoms with van der Waals surface area (Å²) in [6.07, 6.45) is 2.48. The molecular formula is C12H16N4S2. The van der Waals surface area contributed by atoms with Gasteiger partial charge in [-0.25, -0.2) is 4.98 Å². The number of nitrogens with zero attached hydrogens (tertiary/aromatic N) is 2. The fourth-order valence-corrected chi connectivity index (χ4v) is 4.17. The maximum absolute atomic E-state index is 5.78. The van der Waals surface area contributed by atoms with E-state index in [1.807, 2.05) is 11.8 Å². The molecule has 1 aliphatic heterocycles. The minimum atomic E-state index is 0.357. The summed E-state index contributed by atoms with van der Waals surface area (Å²) < 4.78 is 0. The van der Waals surface area contributed by atoms with Crippen molar-refractivity contribution in [3.05, 3.63) is 10.9 Å². The molecule has 3 rings (SSSR count). The average Bonchev–Trinajstić information content (AvgIpc) is 2.71. The standard InChI is InChI=1S/C12H16N4S2/c1-7-5-9-10(14-8-3-2-4-17-6-8)15-12(13)16-11(9)18-7/h5,8H,2-4,6H2,1H3,(H3,13,14,15,16). The van der Waals surface area contributed by atoms with Gasteiger partial charge >= 0.3 is 0 Å². The molecule has 2 aromatic heterocycles. The van der Waals surface area contributed by atoms with Crippen molar-refractivity contribution < 1.29 is 0 Å².